The van der Waals surface area contributed by atoms with Crippen LogP contribution < -0.4 is 4.74 Å². The lowest BCUT2D eigenvalue weighted by atomic mass is 10.2. The Morgan fingerprint density at radius 3 is 2.32 bits per heavy atom. The standard InChI is InChI=1S/C13H16F3NO2/c14-13(15,16)19-12-5-1-10(2-6-12)9-17(7-8-18)11-3-4-11/h1-2,5-6,11,18H,3-4,7-9H2. The third-order valence-corrected chi connectivity index (χ3v) is 2.99. The fourth-order valence-corrected chi connectivity index (χ4v) is 1.99. The molecule has 0 bridgehead atoms. The second kappa shape index (κ2) is 5.79. The summed E-state index contributed by atoms with van der Waals surface area (Å²) in [4.78, 5) is 2.14. The van der Waals surface area contributed by atoms with Gasteiger partial charge in [0.25, 0.3) is 0 Å². The minimum atomic E-state index is -4.65. The lowest BCUT2D eigenvalue weighted by molar-refractivity contribution is -0.274. The van der Waals surface area contributed by atoms with E-state index in [9.17, 15) is 13.2 Å². The van der Waals surface area contributed by atoms with E-state index in [1.165, 1.54) is 12.1 Å². The molecule has 1 fully saturated rings. The monoisotopic (exact) mass is 275 g/mol. The third-order valence-electron chi connectivity index (χ3n) is 2.99. The van der Waals surface area contributed by atoms with E-state index in [-0.39, 0.29) is 12.4 Å². The number of ether oxygens (including phenoxy) is 1. The van der Waals surface area contributed by atoms with E-state index in [0.29, 0.717) is 19.1 Å². The molecule has 0 amide bonds. The zero-order chi connectivity index (χ0) is 13.9. The average Bonchev–Trinajstić information content (AvgIpc) is 3.13. The Kier molecular flexibility index (Phi) is 4.31. The maximum atomic E-state index is 12.0. The van der Waals surface area contributed by atoms with Crippen molar-refractivity contribution in [3.05, 3.63) is 29.8 Å². The summed E-state index contributed by atoms with van der Waals surface area (Å²) in [5, 5.41) is 8.98. The topological polar surface area (TPSA) is 32.7 Å². The number of aliphatic hydroxyl groups excluding tert-OH is 1. The van der Waals surface area contributed by atoms with Gasteiger partial charge in [0.05, 0.1) is 6.61 Å². The van der Waals surface area contributed by atoms with Gasteiger partial charge in [0.1, 0.15) is 5.75 Å². The predicted octanol–water partition coefficient (Wildman–Crippen LogP) is 2.54. The van der Waals surface area contributed by atoms with Gasteiger partial charge in [0, 0.05) is 19.1 Å². The summed E-state index contributed by atoms with van der Waals surface area (Å²) < 4.78 is 39.8. The Balaban J connectivity index is 1.93. The number of aliphatic hydroxyl groups is 1. The molecule has 6 heteroatoms. The second-order valence-corrected chi connectivity index (χ2v) is 4.62. The largest absolute Gasteiger partial charge is 0.573 e. The van der Waals surface area contributed by atoms with E-state index < -0.39 is 6.36 Å². The zero-order valence-electron chi connectivity index (χ0n) is 10.4. The van der Waals surface area contributed by atoms with Crippen molar-refractivity contribution in [3.8, 4) is 5.75 Å². The minimum Gasteiger partial charge on any atom is -0.406 e. The van der Waals surface area contributed by atoms with E-state index in [1.54, 1.807) is 12.1 Å². The van der Waals surface area contributed by atoms with Gasteiger partial charge < -0.3 is 9.84 Å². The van der Waals surface area contributed by atoms with Crippen LogP contribution in [0, 0.1) is 0 Å². The van der Waals surface area contributed by atoms with Gasteiger partial charge in [-0.05, 0) is 30.5 Å². The summed E-state index contributed by atoms with van der Waals surface area (Å²) in [7, 11) is 0. The summed E-state index contributed by atoms with van der Waals surface area (Å²) in [6.45, 7) is 1.31. The number of benzene rings is 1. The molecule has 106 valence electrons. The molecular formula is C13H16F3NO2. The highest BCUT2D eigenvalue weighted by Gasteiger charge is 2.31. The van der Waals surface area contributed by atoms with E-state index in [2.05, 4.69) is 9.64 Å². The van der Waals surface area contributed by atoms with Gasteiger partial charge in [0.15, 0.2) is 0 Å². The van der Waals surface area contributed by atoms with Gasteiger partial charge in [-0.15, -0.1) is 13.2 Å². The molecule has 1 aromatic carbocycles. The average molecular weight is 275 g/mol. The van der Waals surface area contributed by atoms with Crippen LogP contribution in [0.25, 0.3) is 0 Å². The number of nitrogens with zero attached hydrogens (tertiary/aromatic N) is 1. The minimum absolute atomic E-state index is 0.0891. The summed E-state index contributed by atoms with van der Waals surface area (Å²) in [5.41, 5.74) is 0.912. The molecule has 3 nitrogen and oxygen atoms in total. The Labute approximate surface area is 109 Å². The van der Waals surface area contributed by atoms with Crippen LogP contribution >= 0.6 is 0 Å². The van der Waals surface area contributed by atoms with E-state index in [0.717, 1.165) is 18.4 Å². The molecule has 0 heterocycles. The molecule has 1 aliphatic rings. The van der Waals surface area contributed by atoms with Crippen LogP contribution in [0.1, 0.15) is 18.4 Å². The summed E-state index contributed by atoms with van der Waals surface area (Å²) in [6, 6.07) is 6.36. The fourth-order valence-electron chi connectivity index (χ4n) is 1.99. The summed E-state index contributed by atoms with van der Waals surface area (Å²) in [6.07, 6.45) is -2.41. The maximum Gasteiger partial charge on any atom is 0.573 e. The van der Waals surface area contributed by atoms with Gasteiger partial charge in [-0.1, -0.05) is 12.1 Å². The molecule has 1 aliphatic carbocycles. The number of alkyl halides is 3. The lowest BCUT2D eigenvalue weighted by Crippen LogP contribution is -2.28. The predicted molar refractivity (Wildman–Crippen MR) is 63.6 cm³/mol. The van der Waals surface area contributed by atoms with Crippen LogP contribution in [0.3, 0.4) is 0 Å². The molecule has 0 radical (unpaired) electrons. The number of halogens is 3. The summed E-state index contributed by atoms with van der Waals surface area (Å²) >= 11 is 0. The maximum absolute atomic E-state index is 12.0. The molecule has 1 aromatic rings. The van der Waals surface area contributed by atoms with Crippen molar-refractivity contribution in [2.24, 2.45) is 0 Å². The molecule has 1 N–H and O–H groups in total. The Morgan fingerprint density at radius 1 is 1.21 bits per heavy atom. The first kappa shape index (κ1) is 14.1. The normalized spacial score (nSPS) is 15.8. The van der Waals surface area contributed by atoms with Crippen LogP contribution in [0.15, 0.2) is 24.3 Å². The number of hydrogen-bond acceptors (Lipinski definition) is 3. The molecule has 19 heavy (non-hydrogen) atoms. The molecule has 0 aliphatic heterocycles. The van der Waals surface area contributed by atoms with E-state index in [4.69, 9.17) is 5.11 Å². The molecular weight excluding hydrogens is 259 g/mol. The smallest absolute Gasteiger partial charge is 0.406 e. The first-order valence-electron chi connectivity index (χ1n) is 6.17. The number of hydrogen-bond donors (Lipinski definition) is 1. The number of rotatable bonds is 6. The lowest BCUT2D eigenvalue weighted by Gasteiger charge is -2.21. The SMILES string of the molecule is OCCN(Cc1ccc(OC(F)(F)F)cc1)C1CC1. The first-order chi connectivity index (χ1) is 8.98. The van der Waals surface area contributed by atoms with Crippen molar-refractivity contribution in [2.75, 3.05) is 13.2 Å². The van der Waals surface area contributed by atoms with Crippen molar-refractivity contribution in [1.29, 1.82) is 0 Å². The molecule has 0 aromatic heterocycles. The van der Waals surface area contributed by atoms with Crippen LogP contribution in [0.5, 0.6) is 5.75 Å². The highest BCUT2D eigenvalue weighted by Crippen LogP contribution is 2.28. The highest BCUT2D eigenvalue weighted by molar-refractivity contribution is 5.27. The quantitative estimate of drug-likeness (QED) is 0.866. The van der Waals surface area contributed by atoms with Crippen LogP contribution in [-0.2, 0) is 6.54 Å². The van der Waals surface area contributed by atoms with Crippen molar-refractivity contribution >= 4 is 0 Å². The van der Waals surface area contributed by atoms with Crippen molar-refractivity contribution < 1.29 is 23.0 Å². The molecule has 0 spiro atoms. The molecule has 0 unspecified atom stereocenters. The van der Waals surface area contributed by atoms with Crippen LogP contribution in [0.2, 0.25) is 0 Å². The van der Waals surface area contributed by atoms with Gasteiger partial charge in [-0.2, -0.15) is 0 Å². The van der Waals surface area contributed by atoms with Gasteiger partial charge in [-0.25, -0.2) is 0 Å². The van der Waals surface area contributed by atoms with Gasteiger partial charge in [0.2, 0.25) is 0 Å². The Bertz CT molecular complexity index is 401. The van der Waals surface area contributed by atoms with E-state index >= 15 is 0 Å². The Hall–Kier alpha value is -1.27. The second-order valence-electron chi connectivity index (χ2n) is 4.62. The molecule has 2 rings (SSSR count). The van der Waals surface area contributed by atoms with Crippen molar-refractivity contribution in [3.63, 3.8) is 0 Å². The van der Waals surface area contributed by atoms with Crippen LogP contribution in [-0.4, -0.2) is 35.6 Å². The van der Waals surface area contributed by atoms with Crippen molar-refractivity contribution in [2.45, 2.75) is 31.8 Å². The van der Waals surface area contributed by atoms with Gasteiger partial charge in [-0.3, -0.25) is 4.90 Å². The zero-order valence-corrected chi connectivity index (χ0v) is 10.4. The third kappa shape index (κ3) is 4.72. The molecule has 1 saturated carbocycles. The van der Waals surface area contributed by atoms with Crippen molar-refractivity contribution in [1.82, 2.24) is 4.90 Å². The van der Waals surface area contributed by atoms with E-state index in [1.807, 2.05) is 0 Å². The highest BCUT2D eigenvalue weighted by atomic mass is 19.4. The first-order valence-corrected chi connectivity index (χ1v) is 6.17. The van der Waals surface area contributed by atoms with Crippen LogP contribution in [0.4, 0.5) is 13.2 Å². The molecule has 0 atom stereocenters. The fraction of sp³-hybridized carbons (Fsp3) is 0.538. The van der Waals surface area contributed by atoms with Gasteiger partial charge >= 0.3 is 6.36 Å². The summed E-state index contributed by atoms with van der Waals surface area (Å²) in [5.74, 6) is -0.212. The Morgan fingerprint density at radius 2 is 1.84 bits per heavy atom. The molecule has 0 saturated heterocycles.